The van der Waals surface area contributed by atoms with E-state index in [1.165, 1.54) is 11.3 Å². The SMILES string of the molecule is CN1CCC(N(CCO)C(=O)c2csc(CN)n2)CC1. The van der Waals surface area contributed by atoms with E-state index in [1.54, 1.807) is 10.3 Å². The molecule has 0 atom stereocenters. The van der Waals surface area contributed by atoms with Crippen molar-refractivity contribution in [2.45, 2.75) is 25.4 Å². The predicted octanol–water partition coefficient (Wildman–Crippen LogP) is 0.130. The number of carbonyl (C=O) groups is 1. The Hall–Kier alpha value is -1.02. The molecule has 0 saturated carbocycles. The summed E-state index contributed by atoms with van der Waals surface area (Å²) in [5.41, 5.74) is 5.98. The fourth-order valence-corrected chi connectivity index (χ4v) is 3.16. The third-order valence-electron chi connectivity index (χ3n) is 3.68. The largest absolute Gasteiger partial charge is 0.395 e. The van der Waals surface area contributed by atoms with Gasteiger partial charge in [-0.25, -0.2) is 4.98 Å². The highest BCUT2D eigenvalue weighted by Gasteiger charge is 2.28. The molecule has 7 heteroatoms. The molecular formula is C13H22N4O2S. The highest BCUT2D eigenvalue weighted by Crippen LogP contribution is 2.19. The summed E-state index contributed by atoms with van der Waals surface area (Å²) in [5.74, 6) is -0.0930. The fraction of sp³-hybridized carbons (Fsp3) is 0.692. The van der Waals surface area contributed by atoms with Crippen LogP contribution in [0.3, 0.4) is 0 Å². The first-order valence-corrected chi connectivity index (χ1v) is 7.78. The van der Waals surface area contributed by atoms with E-state index in [2.05, 4.69) is 16.9 Å². The number of hydrogen-bond acceptors (Lipinski definition) is 6. The van der Waals surface area contributed by atoms with Crippen molar-refractivity contribution >= 4 is 17.2 Å². The minimum atomic E-state index is -0.0930. The molecule has 6 nitrogen and oxygen atoms in total. The minimum absolute atomic E-state index is 0.0219. The van der Waals surface area contributed by atoms with Crippen LogP contribution in [-0.4, -0.2) is 65.1 Å². The molecule has 1 aromatic rings. The van der Waals surface area contributed by atoms with Gasteiger partial charge in [-0.05, 0) is 33.0 Å². The standard InChI is InChI=1S/C13H22N4O2S/c1-16-4-2-10(3-5-16)17(6-7-18)13(19)11-9-20-12(8-14)15-11/h9-10,18H,2-8,14H2,1H3. The van der Waals surface area contributed by atoms with Crippen molar-refractivity contribution in [1.29, 1.82) is 0 Å². The van der Waals surface area contributed by atoms with Crippen LogP contribution in [-0.2, 0) is 6.54 Å². The van der Waals surface area contributed by atoms with Crippen LogP contribution in [0.5, 0.6) is 0 Å². The lowest BCUT2D eigenvalue weighted by molar-refractivity contribution is 0.0535. The minimum Gasteiger partial charge on any atom is -0.395 e. The number of aliphatic hydroxyl groups excluding tert-OH is 1. The molecule has 0 spiro atoms. The van der Waals surface area contributed by atoms with E-state index in [4.69, 9.17) is 5.73 Å². The number of hydrogen-bond donors (Lipinski definition) is 2. The lowest BCUT2D eigenvalue weighted by atomic mass is 10.0. The molecule has 20 heavy (non-hydrogen) atoms. The Kier molecular flexibility index (Phi) is 5.47. The second-order valence-electron chi connectivity index (χ2n) is 5.09. The van der Waals surface area contributed by atoms with Crippen molar-refractivity contribution in [3.8, 4) is 0 Å². The van der Waals surface area contributed by atoms with E-state index in [1.807, 2.05) is 0 Å². The van der Waals surface area contributed by atoms with E-state index in [0.29, 0.717) is 18.8 Å². The van der Waals surface area contributed by atoms with Crippen molar-refractivity contribution in [3.05, 3.63) is 16.1 Å². The third kappa shape index (κ3) is 3.54. The van der Waals surface area contributed by atoms with E-state index >= 15 is 0 Å². The second kappa shape index (κ2) is 7.12. The average molecular weight is 298 g/mol. The highest BCUT2D eigenvalue weighted by atomic mass is 32.1. The normalized spacial score (nSPS) is 17.4. The zero-order valence-corrected chi connectivity index (χ0v) is 12.6. The van der Waals surface area contributed by atoms with Gasteiger partial charge in [-0.1, -0.05) is 0 Å². The molecule has 1 saturated heterocycles. The van der Waals surface area contributed by atoms with Crippen LogP contribution in [0.2, 0.25) is 0 Å². The molecule has 1 aromatic heterocycles. The number of carbonyl (C=O) groups excluding carboxylic acids is 1. The van der Waals surface area contributed by atoms with Gasteiger partial charge in [0.1, 0.15) is 10.7 Å². The fourth-order valence-electron chi connectivity index (χ4n) is 2.51. The van der Waals surface area contributed by atoms with Crippen molar-refractivity contribution in [2.75, 3.05) is 33.3 Å². The first kappa shape index (κ1) is 15.4. The number of piperidine rings is 1. The highest BCUT2D eigenvalue weighted by molar-refractivity contribution is 7.09. The molecular weight excluding hydrogens is 276 g/mol. The van der Waals surface area contributed by atoms with Crippen LogP contribution < -0.4 is 5.73 Å². The second-order valence-corrected chi connectivity index (χ2v) is 6.03. The Morgan fingerprint density at radius 1 is 1.60 bits per heavy atom. The maximum absolute atomic E-state index is 12.5. The van der Waals surface area contributed by atoms with Crippen LogP contribution in [0, 0.1) is 0 Å². The zero-order valence-electron chi connectivity index (χ0n) is 11.8. The van der Waals surface area contributed by atoms with Crippen LogP contribution in [0.25, 0.3) is 0 Å². The molecule has 0 aromatic carbocycles. The lowest BCUT2D eigenvalue weighted by Gasteiger charge is -2.36. The molecule has 0 radical (unpaired) electrons. The third-order valence-corrected chi connectivity index (χ3v) is 4.55. The molecule has 1 aliphatic heterocycles. The van der Waals surface area contributed by atoms with Gasteiger partial charge < -0.3 is 20.6 Å². The molecule has 0 aliphatic carbocycles. The van der Waals surface area contributed by atoms with Gasteiger partial charge >= 0.3 is 0 Å². The Labute approximate surface area is 123 Å². The molecule has 3 N–H and O–H groups in total. The van der Waals surface area contributed by atoms with Crippen molar-refractivity contribution in [3.63, 3.8) is 0 Å². The van der Waals surface area contributed by atoms with Crippen LogP contribution in [0.1, 0.15) is 28.3 Å². The van der Waals surface area contributed by atoms with Crippen molar-refractivity contribution < 1.29 is 9.90 Å². The molecule has 2 rings (SSSR count). The Morgan fingerprint density at radius 3 is 2.85 bits per heavy atom. The summed E-state index contributed by atoms with van der Waals surface area (Å²) >= 11 is 1.41. The number of thiazole rings is 1. The Morgan fingerprint density at radius 2 is 2.30 bits per heavy atom. The first-order chi connectivity index (χ1) is 9.65. The van der Waals surface area contributed by atoms with Crippen LogP contribution in [0.15, 0.2) is 5.38 Å². The quantitative estimate of drug-likeness (QED) is 0.807. The maximum atomic E-state index is 12.5. The summed E-state index contributed by atoms with van der Waals surface area (Å²) in [6, 6.07) is 0.189. The smallest absolute Gasteiger partial charge is 0.273 e. The van der Waals surface area contributed by atoms with E-state index in [-0.39, 0.29) is 18.6 Å². The van der Waals surface area contributed by atoms with Gasteiger partial charge in [-0.15, -0.1) is 11.3 Å². The summed E-state index contributed by atoms with van der Waals surface area (Å²) in [6.07, 6.45) is 1.88. The van der Waals surface area contributed by atoms with E-state index in [9.17, 15) is 9.90 Å². The van der Waals surface area contributed by atoms with Gasteiger partial charge in [-0.3, -0.25) is 4.79 Å². The van der Waals surface area contributed by atoms with Gasteiger partial charge in [0, 0.05) is 24.5 Å². The van der Waals surface area contributed by atoms with Gasteiger partial charge in [0.05, 0.1) is 6.61 Å². The Balaban J connectivity index is 2.08. The van der Waals surface area contributed by atoms with Crippen LogP contribution in [0.4, 0.5) is 0 Å². The van der Waals surface area contributed by atoms with Gasteiger partial charge in [0.2, 0.25) is 0 Å². The Bertz CT molecular complexity index is 443. The summed E-state index contributed by atoms with van der Waals surface area (Å²) in [4.78, 5) is 20.8. The van der Waals surface area contributed by atoms with E-state index in [0.717, 1.165) is 30.9 Å². The summed E-state index contributed by atoms with van der Waals surface area (Å²) in [5, 5.41) is 11.7. The predicted molar refractivity (Wildman–Crippen MR) is 78.6 cm³/mol. The molecule has 1 fully saturated rings. The topological polar surface area (TPSA) is 82.7 Å². The molecule has 1 aliphatic rings. The molecule has 1 amide bonds. The number of amides is 1. The summed E-state index contributed by atoms with van der Waals surface area (Å²) in [7, 11) is 2.09. The summed E-state index contributed by atoms with van der Waals surface area (Å²) < 4.78 is 0. The van der Waals surface area contributed by atoms with Crippen LogP contribution >= 0.6 is 11.3 Å². The average Bonchev–Trinajstić information content (AvgIpc) is 2.94. The molecule has 0 bridgehead atoms. The maximum Gasteiger partial charge on any atom is 0.273 e. The molecule has 0 unspecified atom stereocenters. The van der Waals surface area contributed by atoms with Gasteiger partial charge in [-0.2, -0.15) is 0 Å². The number of aliphatic hydroxyl groups is 1. The molecule has 2 heterocycles. The number of aromatic nitrogens is 1. The number of likely N-dealkylation sites (tertiary alicyclic amines) is 1. The van der Waals surface area contributed by atoms with Gasteiger partial charge in [0.25, 0.3) is 5.91 Å². The first-order valence-electron chi connectivity index (χ1n) is 6.90. The monoisotopic (exact) mass is 298 g/mol. The van der Waals surface area contributed by atoms with E-state index < -0.39 is 0 Å². The zero-order chi connectivity index (χ0) is 14.5. The number of nitrogens with zero attached hydrogens (tertiary/aromatic N) is 3. The lowest BCUT2D eigenvalue weighted by Crippen LogP contribution is -2.47. The van der Waals surface area contributed by atoms with Crippen molar-refractivity contribution in [1.82, 2.24) is 14.8 Å². The summed E-state index contributed by atoms with van der Waals surface area (Å²) in [6.45, 7) is 2.65. The number of rotatable bonds is 5. The molecule has 112 valence electrons. The van der Waals surface area contributed by atoms with Crippen molar-refractivity contribution in [2.24, 2.45) is 5.73 Å². The number of nitrogens with two attached hydrogens (primary N) is 1. The van der Waals surface area contributed by atoms with Gasteiger partial charge in [0.15, 0.2) is 0 Å².